The maximum Gasteiger partial charge on any atom is 0.229 e. The Balaban J connectivity index is 1.36. The number of nitrogens with zero attached hydrogens (tertiary/aromatic N) is 4. The minimum absolute atomic E-state index is 0.377. The second-order valence-electron chi connectivity index (χ2n) is 11.1. The number of anilines is 5. The first-order valence-electron chi connectivity index (χ1n) is 13.6. The summed E-state index contributed by atoms with van der Waals surface area (Å²) in [4.78, 5) is 13.8. The van der Waals surface area contributed by atoms with E-state index in [1.54, 1.807) is 19.5 Å². The molecule has 0 amide bonds. The van der Waals surface area contributed by atoms with Gasteiger partial charge in [0.25, 0.3) is 0 Å². The van der Waals surface area contributed by atoms with Crippen molar-refractivity contribution in [3.05, 3.63) is 53.7 Å². The average Bonchev–Trinajstić information content (AvgIpc) is 3.74. The number of halogens is 1. The molecular formula is C29H38ClN6O2P. The summed E-state index contributed by atoms with van der Waals surface area (Å²) in [6.45, 7) is 6.26. The standard InChI is InChI=1S/C29H38ClN6O2P/c1-35(2)22-13-15-36(16-14-22)25-12-11-21(17-26(25)38-19-20-9-10-20)32-29-31-18-23(30)28(34-29)33-24-7-5-6-8-27(24)39(3,4)37/h5-8,11-12,17-18,20,22H,9-10,13-16,19H2,1-4H3,(H2,31,32,33,34). The molecule has 2 N–H and O–H groups in total. The summed E-state index contributed by atoms with van der Waals surface area (Å²) in [6, 6.07) is 14.4. The summed E-state index contributed by atoms with van der Waals surface area (Å²) in [5, 5.41) is 7.70. The number of nitrogens with one attached hydrogen (secondary N) is 2. The van der Waals surface area contributed by atoms with Crippen molar-refractivity contribution in [3.63, 3.8) is 0 Å². The topological polar surface area (TPSA) is 82.6 Å². The number of rotatable bonds is 10. The van der Waals surface area contributed by atoms with E-state index in [4.69, 9.17) is 16.3 Å². The minimum Gasteiger partial charge on any atom is -0.491 e. The molecule has 8 nitrogen and oxygen atoms in total. The van der Waals surface area contributed by atoms with Gasteiger partial charge in [-0.3, -0.25) is 0 Å². The minimum atomic E-state index is -2.50. The van der Waals surface area contributed by atoms with Gasteiger partial charge in [0.1, 0.15) is 17.9 Å². The lowest BCUT2D eigenvalue weighted by atomic mass is 10.0. The van der Waals surface area contributed by atoms with Gasteiger partial charge in [0.15, 0.2) is 5.82 Å². The van der Waals surface area contributed by atoms with E-state index in [9.17, 15) is 4.57 Å². The molecule has 2 heterocycles. The molecule has 208 valence electrons. The van der Waals surface area contributed by atoms with Crippen LogP contribution in [0.25, 0.3) is 0 Å². The van der Waals surface area contributed by atoms with Crippen LogP contribution in [0.2, 0.25) is 5.02 Å². The fourth-order valence-electron chi connectivity index (χ4n) is 4.90. The van der Waals surface area contributed by atoms with Crippen molar-refractivity contribution in [2.45, 2.75) is 31.7 Å². The third-order valence-electron chi connectivity index (χ3n) is 7.40. The van der Waals surface area contributed by atoms with Crippen LogP contribution >= 0.6 is 18.7 Å². The number of piperidine rings is 1. The molecule has 0 bridgehead atoms. The molecule has 1 saturated carbocycles. The molecule has 10 heteroatoms. The zero-order valence-electron chi connectivity index (χ0n) is 23.2. The number of ether oxygens (including phenoxy) is 1. The van der Waals surface area contributed by atoms with Crippen LogP contribution in [0, 0.1) is 5.92 Å². The van der Waals surface area contributed by atoms with E-state index in [0.29, 0.717) is 28.7 Å². The van der Waals surface area contributed by atoms with Gasteiger partial charge in [0.05, 0.1) is 24.2 Å². The van der Waals surface area contributed by atoms with Crippen molar-refractivity contribution in [3.8, 4) is 5.75 Å². The largest absolute Gasteiger partial charge is 0.491 e. The predicted molar refractivity (Wildman–Crippen MR) is 163 cm³/mol. The molecule has 1 saturated heterocycles. The molecule has 1 aromatic heterocycles. The zero-order valence-corrected chi connectivity index (χ0v) is 24.8. The van der Waals surface area contributed by atoms with Crippen LogP contribution in [0.15, 0.2) is 48.7 Å². The SMILES string of the molecule is CN(C)C1CCN(c2ccc(Nc3ncc(Cl)c(Nc4ccccc4P(C)(C)=O)n3)cc2OCC2CC2)CC1. The highest BCUT2D eigenvalue weighted by Gasteiger charge is 2.26. The molecule has 0 unspecified atom stereocenters. The van der Waals surface area contributed by atoms with Gasteiger partial charge in [-0.1, -0.05) is 23.7 Å². The van der Waals surface area contributed by atoms with E-state index in [1.807, 2.05) is 36.4 Å². The quantitative estimate of drug-likeness (QED) is 0.280. The van der Waals surface area contributed by atoms with E-state index in [-0.39, 0.29) is 0 Å². The fraction of sp³-hybridized carbons (Fsp3) is 0.448. The van der Waals surface area contributed by atoms with E-state index in [1.165, 1.54) is 12.8 Å². The predicted octanol–water partition coefficient (Wildman–Crippen LogP) is 6.18. The molecule has 1 aliphatic carbocycles. The fourth-order valence-corrected chi connectivity index (χ4v) is 6.20. The Hall–Kier alpha value is -2.80. The van der Waals surface area contributed by atoms with Gasteiger partial charge >= 0.3 is 0 Å². The smallest absolute Gasteiger partial charge is 0.229 e. The van der Waals surface area contributed by atoms with Crippen molar-refractivity contribution in [1.29, 1.82) is 0 Å². The van der Waals surface area contributed by atoms with Crippen molar-refractivity contribution >= 4 is 52.9 Å². The van der Waals surface area contributed by atoms with Gasteiger partial charge in [-0.05, 0) is 83.3 Å². The Morgan fingerprint density at radius 1 is 1.08 bits per heavy atom. The Bertz CT molecular complexity index is 1350. The summed E-state index contributed by atoms with van der Waals surface area (Å²) in [7, 11) is 1.82. The van der Waals surface area contributed by atoms with E-state index < -0.39 is 7.14 Å². The third-order valence-corrected chi connectivity index (χ3v) is 9.23. The Kier molecular flexibility index (Phi) is 8.36. The monoisotopic (exact) mass is 568 g/mol. The van der Waals surface area contributed by atoms with Crippen LogP contribution in [0.5, 0.6) is 5.75 Å². The van der Waals surface area contributed by atoms with Crippen LogP contribution in [0.1, 0.15) is 25.7 Å². The van der Waals surface area contributed by atoms with Gasteiger partial charge in [-0.2, -0.15) is 4.98 Å². The van der Waals surface area contributed by atoms with Gasteiger partial charge in [0, 0.05) is 36.2 Å². The number of hydrogen-bond donors (Lipinski definition) is 2. The molecule has 1 aliphatic heterocycles. The highest BCUT2D eigenvalue weighted by molar-refractivity contribution is 7.70. The molecular weight excluding hydrogens is 531 g/mol. The number of para-hydroxylation sites is 1. The van der Waals surface area contributed by atoms with Crippen LogP contribution < -0.4 is 25.6 Å². The van der Waals surface area contributed by atoms with Gasteiger partial charge in [-0.25, -0.2) is 4.98 Å². The van der Waals surface area contributed by atoms with E-state index in [0.717, 1.165) is 60.7 Å². The first-order valence-corrected chi connectivity index (χ1v) is 16.5. The third kappa shape index (κ3) is 7.05. The molecule has 39 heavy (non-hydrogen) atoms. The first kappa shape index (κ1) is 27.8. The van der Waals surface area contributed by atoms with Crippen LogP contribution in [-0.4, -0.2) is 68.0 Å². The molecule has 0 radical (unpaired) electrons. The lowest BCUT2D eigenvalue weighted by Crippen LogP contribution is -2.42. The maximum absolute atomic E-state index is 12.8. The maximum atomic E-state index is 12.8. The van der Waals surface area contributed by atoms with Gasteiger partial charge < -0.3 is 29.7 Å². The Morgan fingerprint density at radius 2 is 1.82 bits per heavy atom. The molecule has 2 aromatic carbocycles. The average molecular weight is 569 g/mol. The van der Waals surface area contributed by atoms with E-state index in [2.05, 4.69) is 50.6 Å². The first-order chi connectivity index (χ1) is 18.7. The van der Waals surface area contributed by atoms with Crippen molar-refractivity contribution in [1.82, 2.24) is 14.9 Å². The Labute approximate surface area is 236 Å². The highest BCUT2D eigenvalue weighted by atomic mass is 35.5. The molecule has 5 rings (SSSR count). The van der Waals surface area contributed by atoms with Crippen molar-refractivity contribution in [2.24, 2.45) is 5.92 Å². The number of hydrogen-bond acceptors (Lipinski definition) is 8. The second kappa shape index (κ2) is 11.7. The molecule has 2 fully saturated rings. The molecule has 0 spiro atoms. The lowest BCUT2D eigenvalue weighted by Gasteiger charge is -2.37. The van der Waals surface area contributed by atoms with Crippen LogP contribution in [0.4, 0.5) is 28.8 Å². The summed E-state index contributed by atoms with van der Waals surface area (Å²) >= 11 is 6.44. The Morgan fingerprint density at radius 3 is 2.51 bits per heavy atom. The van der Waals surface area contributed by atoms with Crippen molar-refractivity contribution < 1.29 is 9.30 Å². The second-order valence-corrected chi connectivity index (χ2v) is 14.7. The summed E-state index contributed by atoms with van der Waals surface area (Å²) in [5.74, 6) is 2.40. The van der Waals surface area contributed by atoms with E-state index >= 15 is 0 Å². The van der Waals surface area contributed by atoms with Gasteiger partial charge in [-0.15, -0.1) is 0 Å². The normalized spacial score (nSPS) is 16.4. The molecule has 0 atom stereocenters. The van der Waals surface area contributed by atoms with Crippen LogP contribution in [0.3, 0.4) is 0 Å². The van der Waals surface area contributed by atoms with Crippen LogP contribution in [-0.2, 0) is 4.57 Å². The lowest BCUT2D eigenvalue weighted by molar-refractivity contribution is 0.248. The number of aromatic nitrogens is 2. The molecule has 2 aliphatic rings. The molecule has 3 aromatic rings. The summed E-state index contributed by atoms with van der Waals surface area (Å²) in [6.07, 6.45) is 6.32. The summed E-state index contributed by atoms with van der Waals surface area (Å²) in [5.41, 5.74) is 2.70. The number of benzene rings is 2. The zero-order chi connectivity index (χ0) is 27.6. The van der Waals surface area contributed by atoms with Gasteiger partial charge in [0.2, 0.25) is 5.95 Å². The summed E-state index contributed by atoms with van der Waals surface area (Å²) < 4.78 is 19.1. The van der Waals surface area contributed by atoms with Crippen molar-refractivity contribution in [2.75, 3.05) is 62.7 Å². The highest BCUT2D eigenvalue weighted by Crippen LogP contribution is 2.39.